The molecule has 2 atom stereocenters. The van der Waals surface area contributed by atoms with Crippen LogP contribution in [0.2, 0.25) is 0 Å². The fourth-order valence-electron chi connectivity index (χ4n) is 4.01. The molecule has 0 spiro atoms. The molecule has 1 aromatic rings. The Hall–Kier alpha value is -1.55. The van der Waals surface area contributed by atoms with Crippen molar-refractivity contribution in [3.8, 4) is 5.75 Å². The van der Waals surface area contributed by atoms with Gasteiger partial charge in [-0.25, -0.2) is 0 Å². The third kappa shape index (κ3) is 3.86. The van der Waals surface area contributed by atoms with Crippen molar-refractivity contribution in [3.05, 3.63) is 29.8 Å². The smallest absolute Gasteiger partial charge is 0.227 e. The Morgan fingerprint density at radius 3 is 2.91 bits per heavy atom. The van der Waals surface area contributed by atoms with E-state index in [4.69, 9.17) is 4.74 Å². The summed E-state index contributed by atoms with van der Waals surface area (Å²) in [5.74, 6) is 1.73. The summed E-state index contributed by atoms with van der Waals surface area (Å²) in [6.45, 7) is 6.41. The maximum absolute atomic E-state index is 12.8. The van der Waals surface area contributed by atoms with Crippen molar-refractivity contribution >= 4 is 5.91 Å². The zero-order chi connectivity index (χ0) is 16.2. The molecule has 3 heterocycles. The minimum Gasteiger partial charge on any atom is -0.497 e. The molecule has 0 aromatic heterocycles. The van der Waals surface area contributed by atoms with Crippen LogP contribution in [0.25, 0.3) is 0 Å². The number of piperidine rings is 1. The first-order valence-corrected chi connectivity index (χ1v) is 8.84. The molecule has 3 aliphatic heterocycles. The largest absolute Gasteiger partial charge is 0.497 e. The van der Waals surface area contributed by atoms with Gasteiger partial charge in [0.05, 0.1) is 13.5 Å². The highest BCUT2D eigenvalue weighted by Gasteiger charge is 2.35. The van der Waals surface area contributed by atoms with Crippen LogP contribution in [-0.2, 0) is 11.2 Å². The summed E-state index contributed by atoms with van der Waals surface area (Å²) >= 11 is 0. The quantitative estimate of drug-likeness (QED) is 0.837. The van der Waals surface area contributed by atoms with Gasteiger partial charge in [0.2, 0.25) is 5.91 Å². The van der Waals surface area contributed by atoms with Crippen molar-refractivity contribution in [2.24, 2.45) is 5.92 Å². The number of fused-ring (bicyclic) bond motifs is 4. The molecule has 0 aliphatic carbocycles. The van der Waals surface area contributed by atoms with Crippen LogP contribution in [0.4, 0.5) is 0 Å². The summed E-state index contributed by atoms with van der Waals surface area (Å²) in [6, 6.07) is 8.41. The van der Waals surface area contributed by atoms with E-state index in [0.717, 1.165) is 24.4 Å². The van der Waals surface area contributed by atoms with E-state index in [1.54, 1.807) is 7.11 Å². The SMILES string of the molecule is CCCN1C[C@@H]2CC[C@H]1CN(C(=O)Cc1cccc(OC)c1)C2. The molecule has 23 heavy (non-hydrogen) atoms. The van der Waals surface area contributed by atoms with E-state index in [1.165, 1.54) is 32.4 Å². The van der Waals surface area contributed by atoms with Crippen LogP contribution in [0.15, 0.2) is 24.3 Å². The van der Waals surface area contributed by atoms with Crippen molar-refractivity contribution in [1.29, 1.82) is 0 Å². The van der Waals surface area contributed by atoms with Crippen LogP contribution >= 0.6 is 0 Å². The van der Waals surface area contributed by atoms with E-state index >= 15 is 0 Å². The molecule has 4 heteroatoms. The highest BCUT2D eigenvalue weighted by molar-refractivity contribution is 5.79. The molecular formula is C19H28N2O2. The van der Waals surface area contributed by atoms with Gasteiger partial charge in [-0.05, 0) is 49.4 Å². The first kappa shape index (κ1) is 16.3. The van der Waals surface area contributed by atoms with Crippen molar-refractivity contribution in [2.45, 2.75) is 38.6 Å². The van der Waals surface area contributed by atoms with Crippen LogP contribution in [0.1, 0.15) is 31.7 Å². The molecule has 2 bridgehead atoms. The fourth-order valence-corrected chi connectivity index (χ4v) is 4.01. The molecular weight excluding hydrogens is 288 g/mol. The Balaban J connectivity index is 1.65. The minimum atomic E-state index is 0.258. The molecule has 4 nitrogen and oxygen atoms in total. The van der Waals surface area contributed by atoms with E-state index < -0.39 is 0 Å². The number of amides is 1. The second-order valence-electron chi connectivity index (χ2n) is 6.92. The lowest BCUT2D eigenvalue weighted by Gasteiger charge is -2.35. The van der Waals surface area contributed by atoms with Crippen LogP contribution in [0.3, 0.4) is 0 Å². The number of hydrogen-bond acceptors (Lipinski definition) is 3. The Morgan fingerprint density at radius 1 is 1.26 bits per heavy atom. The molecule has 3 fully saturated rings. The molecule has 1 amide bonds. The van der Waals surface area contributed by atoms with E-state index in [1.807, 2.05) is 24.3 Å². The molecule has 0 radical (unpaired) electrons. The van der Waals surface area contributed by atoms with Crippen molar-refractivity contribution in [2.75, 3.05) is 33.3 Å². The lowest BCUT2D eigenvalue weighted by molar-refractivity contribution is -0.130. The molecule has 126 valence electrons. The summed E-state index contributed by atoms with van der Waals surface area (Å²) < 4.78 is 5.26. The van der Waals surface area contributed by atoms with Crippen molar-refractivity contribution in [3.63, 3.8) is 0 Å². The molecule has 1 aromatic carbocycles. The van der Waals surface area contributed by atoms with Crippen LogP contribution in [-0.4, -0.2) is 55.0 Å². The number of hydrogen-bond donors (Lipinski definition) is 0. The number of ether oxygens (including phenoxy) is 1. The van der Waals surface area contributed by atoms with Gasteiger partial charge in [0.1, 0.15) is 5.75 Å². The van der Waals surface area contributed by atoms with Crippen molar-refractivity contribution in [1.82, 2.24) is 9.80 Å². The highest BCUT2D eigenvalue weighted by Crippen LogP contribution is 2.28. The average Bonchev–Trinajstić information content (AvgIpc) is 2.87. The Labute approximate surface area is 139 Å². The van der Waals surface area contributed by atoms with Gasteiger partial charge in [-0.1, -0.05) is 19.1 Å². The number of nitrogens with zero attached hydrogens (tertiary/aromatic N) is 2. The predicted molar refractivity (Wildman–Crippen MR) is 91.7 cm³/mol. The van der Waals surface area contributed by atoms with Gasteiger partial charge in [-0.3, -0.25) is 9.69 Å². The normalized spacial score (nSPS) is 24.5. The number of benzene rings is 1. The van der Waals surface area contributed by atoms with Gasteiger partial charge in [0, 0.05) is 25.7 Å². The maximum Gasteiger partial charge on any atom is 0.227 e. The van der Waals surface area contributed by atoms with Gasteiger partial charge in [0.25, 0.3) is 0 Å². The first-order chi connectivity index (χ1) is 11.2. The summed E-state index contributed by atoms with van der Waals surface area (Å²) in [4.78, 5) is 17.5. The average molecular weight is 316 g/mol. The van der Waals surface area contributed by atoms with Crippen LogP contribution in [0, 0.1) is 5.92 Å². The Kier molecular flexibility index (Phi) is 5.21. The zero-order valence-corrected chi connectivity index (χ0v) is 14.3. The number of methoxy groups -OCH3 is 1. The standard InChI is InChI=1S/C19H28N2O2/c1-3-9-20-12-16-7-8-17(20)14-21(13-16)19(22)11-15-5-4-6-18(10-15)23-2/h4-6,10,16-17H,3,7-9,11-14H2,1-2H3/t16-,17-/m0/s1. The molecule has 0 saturated carbocycles. The molecule has 4 rings (SSSR count). The Morgan fingerprint density at radius 2 is 2.13 bits per heavy atom. The zero-order valence-electron chi connectivity index (χ0n) is 14.3. The van der Waals surface area contributed by atoms with Gasteiger partial charge in [-0.15, -0.1) is 0 Å². The third-order valence-corrected chi connectivity index (χ3v) is 5.18. The monoisotopic (exact) mass is 316 g/mol. The second-order valence-corrected chi connectivity index (χ2v) is 6.92. The van der Waals surface area contributed by atoms with Crippen LogP contribution in [0.5, 0.6) is 5.75 Å². The number of rotatable bonds is 5. The fraction of sp³-hybridized carbons (Fsp3) is 0.632. The highest BCUT2D eigenvalue weighted by atomic mass is 16.5. The minimum absolute atomic E-state index is 0.258. The van der Waals surface area contributed by atoms with Gasteiger partial charge in [0.15, 0.2) is 0 Å². The molecule has 0 N–H and O–H groups in total. The number of carbonyl (C=O) groups is 1. The van der Waals surface area contributed by atoms with Gasteiger partial charge in [-0.2, -0.15) is 0 Å². The van der Waals surface area contributed by atoms with E-state index in [2.05, 4.69) is 16.7 Å². The predicted octanol–water partition coefficient (Wildman–Crippen LogP) is 2.57. The maximum atomic E-state index is 12.8. The van der Waals surface area contributed by atoms with E-state index in [-0.39, 0.29) is 5.91 Å². The third-order valence-electron chi connectivity index (χ3n) is 5.18. The molecule has 0 unspecified atom stereocenters. The van der Waals surface area contributed by atoms with E-state index in [9.17, 15) is 4.79 Å². The summed E-state index contributed by atoms with van der Waals surface area (Å²) in [5.41, 5.74) is 1.04. The summed E-state index contributed by atoms with van der Waals surface area (Å²) in [6.07, 6.45) is 4.19. The van der Waals surface area contributed by atoms with Gasteiger partial charge < -0.3 is 9.64 Å². The number of carbonyl (C=O) groups excluding carboxylic acids is 1. The van der Waals surface area contributed by atoms with Crippen molar-refractivity contribution < 1.29 is 9.53 Å². The second kappa shape index (κ2) is 7.35. The van der Waals surface area contributed by atoms with Gasteiger partial charge >= 0.3 is 0 Å². The summed E-state index contributed by atoms with van der Waals surface area (Å²) in [5, 5.41) is 0. The Bertz CT molecular complexity index is 546. The van der Waals surface area contributed by atoms with E-state index in [0.29, 0.717) is 18.4 Å². The molecule has 3 aliphatic rings. The molecule has 3 saturated heterocycles. The summed E-state index contributed by atoms with van der Waals surface area (Å²) in [7, 11) is 1.66. The topological polar surface area (TPSA) is 32.8 Å². The van der Waals surface area contributed by atoms with Crippen LogP contribution < -0.4 is 4.74 Å². The lowest BCUT2D eigenvalue weighted by Crippen LogP contribution is -2.44. The first-order valence-electron chi connectivity index (χ1n) is 8.84. The lowest BCUT2D eigenvalue weighted by atomic mass is 9.95.